The molecule has 1 heterocycles. The van der Waals surface area contributed by atoms with Crippen LogP contribution in [0.3, 0.4) is 0 Å². The summed E-state index contributed by atoms with van der Waals surface area (Å²) in [5.41, 5.74) is 6.07. The highest BCUT2D eigenvalue weighted by atomic mass is 32.1. The Morgan fingerprint density at radius 2 is 2.21 bits per heavy atom. The lowest BCUT2D eigenvalue weighted by molar-refractivity contribution is -0.385. The number of nitrogens with zero attached hydrogens (tertiary/aromatic N) is 3. The second-order valence-corrected chi connectivity index (χ2v) is 4.67. The summed E-state index contributed by atoms with van der Waals surface area (Å²) in [7, 11) is 0. The molecule has 8 nitrogen and oxygen atoms in total. The van der Waals surface area contributed by atoms with Gasteiger partial charge in [0.2, 0.25) is 10.3 Å². The smallest absolute Gasteiger partial charge is 0.272 e. The molecule has 0 aliphatic heterocycles. The maximum atomic E-state index is 11.9. The molecule has 0 saturated heterocycles. The summed E-state index contributed by atoms with van der Waals surface area (Å²) in [4.78, 5) is 22.0. The molecule has 0 aliphatic carbocycles. The molecule has 98 valence electrons. The number of amides is 1. The number of nitrogens with two attached hydrogens (primary N) is 1. The maximum absolute atomic E-state index is 11.9. The van der Waals surface area contributed by atoms with Crippen LogP contribution >= 0.6 is 11.3 Å². The summed E-state index contributed by atoms with van der Waals surface area (Å²) in [6, 6.07) is 4.11. The zero-order valence-corrected chi connectivity index (χ0v) is 10.6. The fourth-order valence-corrected chi connectivity index (χ4v) is 1.96. The Kier molecular flexibility index (Phi) is 3.38. The lowest BCUT2D eigenvalue weighted by atomic mass is 10.1. The van der Waals surface area contributed by atoms with Gasteiger partial charge in [0.1, 0.15) is 0 Å². The van der Waals surface area contributed by atoms with E-state index in [9.17, 15) is 14.9 Å². The molecule has 1 aromatic heterocycles. The predicted octanol–water partition coefficient (Wildman–Crippen LogP) is 1.59. The van der Waals surface area contributed by atoms with E-state index in [0.717, 1.165) is 11.3 Å². The molecule has 19 heavy (non-hydrogen) atoms. The minimum Gasteiger partial charge on any atom is -0.374 e. The molecule has 0 radical (unpaired) electrons. The van der Waals surface area contributed by atoms with E-state index in [-0.39, 0.29) is 16.0 Å². The lowest BCUT2D eigenvalue weighted by Gasteiger charge is -2.02. The molecular weight excluding hydrogens is 270 g/mol. The number of nitrogens with one attached hydrogen (secondary N) is 1. The zero-order chi connectivity index (χ0) is 14.0. The number of aromatic nitrogens is 2. The van der Waals surface area contributed by atoms with Crippen LogP contribution in [0.4, 0.5) is 16.0 Å². The van der Waals surface area contributed by atoms with Crippen LogP contribution in [0.15, 0.2) is 18.2 Å². The molecule has 2 aromatic rings. The Balaban J connectivity index is 2.20. The van der Waals surface area contributed by atoms with Crippen molar-refractivity contribution in [3.05, 3.63) is 39.4 Å². The van der Waals surface area contributed by atoms with Crippen molar-refractivity contribution in [2.75, 3.05) is 11.1 Å². The van der Waals surface area contributed by atoms with Gasteiger partial charge in [-0.1, -0.05) is 11.3 Å². The van der Waals surface area contributed by atoms with Gasteiger partial charge in [0.25, 0.3) is 11.6 Å². The Labute approximate surface area is 111 Å². The molecule has 3 N–H and O–H groups in total. The fraction of sp³-hybridized carbons (Fsp3) is 0.100. The average molecular weight is 279 g/mol. The topological polar surface area (TPSA) is 124 Å². The minimum absolute atomic E-state index is 0.0308. The number of aryl methyl sites for hydroxylation is 1. The summed E-state index contributed by atoms with van der Waals surface area (Å²) in [6.45, 7) is 1.57. The van der Waals surface area contributed by atoms with Crippen molar-refractivity contribution in [2.45, 2.75) is 6.92 Å². The van der Waals surface area contributed by atoms with Crippen molar-refractivity contribution in [3.8, 4) is 0 Å². The van der Waals surface area contributed by atoms with Crippen molar-refractivity contribution in [1.82, 2.24) is 10.2 Å². The van der Waals surface area contributed by atoms with Crippen molar-refractivity contribution >= 4 is 33.2 Å². The molecule has 0 fully saturated rings. The summed E-state index contributed by atoms with van der Waals surface area (Å²) in [5, 5.41) is 20.9. The monoisotopic (exact) mass is 279 g/mol. The van der Waals surface area contributed by atoms with Gasteiger partial charge in [-0.05, 0) is 19.1 Å². The van der Waals surface area contributed by atoms with E-state index in [4.69, 9.17) is 5.73 Å². The number of hydrogen-bond acceptors (Lipinski definition) is 7. The van der Waals surface area contributed by atoms with Gasteiger partial charge >= 0.3 is 0 Å². The number of carbonyl (C=O) groups excluding carboxylic acids is 1. The van der Waals surface area contributed by atoms with Gasteiger partial charge in [-0.3, -0.25) is 20.2 Å². The van der Waals surface area contributed by atoms with Crippen molar-refractivity contribution in [1.29, 1.82) is 0 Å². The first-order valence-corrected chi connectivity index (χ1v) is 5.94. The molecule has 0 atom stereocenters. The Morgan fingerprint density at radius 1 is 1.47 bits per heavy atom. The molecule has 0 bridgehead atoms. The van der Waals surface area contributed by atoms with Crippen LogP contribution in [0.1, 0.15) is 15.9 Å². The first kappa shape index (κ1) is 12.9. The molecule has 9 heteroatoms. The van der Waals surface area contributed by atoms with Gasteiger partial charge in [0.05, 0.1) is 4.92 Å². The molecule has 2 rings (SSSR count). The highest BCUT2D eigenvalue weighted by Gasteiger charge is 2.14. The number of rotatable bonds is 3. The summed E-state index contributed by atoms with van der Waals surface area (Å²) in [5.74, 6) is -0.422. The molecule has 0 unspecified atom stereocenters. The lowest BCUT2D eigenvalue weighted by Crippen LogP contribution is -2.12. The number of benzene rings is 1. The molecular formula is C10H9N5O3S. The molecule has 1 amide bonds. The van der Waals surface area contributed by atoms with Gasteiger partial charge in [-0.25, -0.2) is 0 Å². The Hall–Kier alpha value is -2.55. The van der Waals surface area contributed by atoms with Gasteiger partial charge in [-0.15, -0.1) is 10.2 Å². The SMILES string of the molecule is Cc1cc(C(=O)Nc2nnc(N)s2)ccc1[N+](=O)[O-]. The average Bonchev–Trinajstić information content (AvgIpc) is 2.74. The molecule has 1 aromatic carbocycles. The largest absolute Gasteiger partial charge is 0.374 e. The van der Waals surface area contributed by atoms with Crippen LogP contribution in [0, 0.1) is 17.0 Å². The van der Waals surface area contributed by atoms with Crippen LogP contribution in [0.25, 0.3) is 0 Å². The summed E-state index contributed by atoms with van der Waals surface area (Å²) in [6.07, 6.45) is 0. The van der Waals surface area contributed by atoms with Crippen molar-refractivity contribution < 1.29 is 9.72 Å². The highest BCUT2D eigenvalue weighted by Crippen LogP contribution is 2.21. The van der Waals surface area contributed by atoms with E-state index in [1.54, 1.807) is 6.92 Å². The van der Waals surface area contributed by atoms with Crippen LogP contribution in [-0.4, -0.2) is 21.0 Å². The quantitative estimate of drug-likeness (QED) is 0.649. The number of carbonyl (C=O) groups is 1. The highest BCUT2D eigenvalue weighted by molar-refractivity contribution is 7.19. The van der Waals surface area contributed by atoms with Gasteiger partial charge in [0, 0.05) is 17.2 Å². The zero-order valence-electron chi connectivity index (χ0n) is 9.78. The Morgan fingerprint density at radius 3 is 2.74 bits per heavy atom. The van der Waals surface area contributed by atoms with Crippen LogP contribution in [0.2, 0.25) is 0 Å². The standard InChI is InChI=1S/C10H9N5O3S/c1-5-4-6(2-3-7(5)15(17)18)8(16)12-10-14-13-9(11)19-10/h2-4H,1H3,(H2,11,13)(H,12,14,16). The summed E-state index contributed by atoms with van der Waals surface area (Å²) >= 11 is 1.04. The number of anilines is 2. The molecule has 0 saturated carbocycles. The fourth-order valence-electron chi connectivity index (χ4n) is 1.46. The van der Waals surface area contributed by atoms with E-state index in [1.807, 2.05) is 0 Å². The van der Waals surface area contributed by atoms with E-state index >= 15 is 0 Å². The van der Waals surface area contributed by atoms with Crippen LogP contribution in [-0.2, 0) is 0 Å². The third-order valence-electron chi connectivity index (χ3n) is 2.32. The second kappa shape index (κ2) is 4.98. The van der Waals surface area contributed by atoms with Crippen LogP contribution < -0.4 is 11.1 Å². The van der Waals surface area contributed by atoms with E-state index < -0.39 is 10.8 Å². The normalized spacial score (nSPS) is 10.2. The Bertz CT molecular complexity index is 654. The number of hydrogen-bond donors (Lipinski definition) is 2. The van der Waals surface area contributed by atoms with Crippen LogP contribution in [0.5, 0.6) is 0 Å². The maximum Gasteiger partial charge on any atom is 0.272 e. The van der Waals surface area contributed by atoms with Gasteiger partial charge in [0.15, 0.2) is 0 Å². The van der Waals surface area contributed by atoms with Gasteiger partial charge in [-0.2, -0.15) is 0 Å². The summed E-state index contributed by atoms with van der Waals surface area (Å²) < 4.78 is 0. The third kappa shape index (κ3) is 2.83. The second-order valence-electron chi connectivity index (χ2n) is 3.66. The molecule has 0 aliphatic rings. The number of nitro benzene ring substituents is 1. The van der Waals surface area contributed by atoms with Gasteiger partial charge < -0.3 is 5.73 Å². The molecule has 0 spiro atoms. The van der Waals surface area contributed by atoms with E-state index in [2.05, 4.69) is 15.5 Å². The first-order chi connectivity index (χ1) is 8.97. The number of nitrogen functional groups attached to an aromatic ring is 1. The van der Waals surface area contributed by atoms with Crippen molar-refractivity contribution in [2.24, 2.45) is 0 Å². The first-order valence-electron chi connectivity index (χ1n) is 5.13. The predicted molar refractivity (Wildman–Crippen MR) is 70.1 cm³/mol. The minimum atomic E-state index is -0.498. The van der Waals surface area contributed by atoms with E-state index in [1.165, 1.54) is 18.2 Å². The van der Waals surface area contributed by atoms with E-state index in [0.29, 0.717) is 11.1 Å². The number of nitro groups is 1. The third-order valence-corrected chi connectivity index (χ3v) is 2.98. The van der Waals surface area contributed by atoms with Crippen molar-refractivity contribution in [3.63, 3.8) is 0 Å².